The quantitative estimate of drug-likeness (QED) is 0.693. The summed E-state index contributed by atoms with van der Waals surface area (Å²) in [5, 5.41) is 6.39. The lowest BCUT2D eigenvalue weighted by Crippen LogP contribution is -2.38. The molecule has 0 aliphatic heterocycles. The standard InChI is InChI=1S/C14H21N5OS/c1-9-10(2)20-13(17-9)6-16-14(15-4)19(5)7-12-8-21-11(3)18-12/h8H,6-7H2,1-5H3,(H,15,16). The fraction of sp³-hybridized carbons (Fsp3) is 0.500. The second-order valence-electron chi connectivity index (χ2n) is 4.86. The summed E-state index contributed by atoms with van der Waals surface area (Å²) in [6.45, 7) is 7.09. The highest BCUT2D eigenvalue weighted by Gasteiger charge is 2.11. The van der Waals surface area contributed by atoms with E-state index in [4.69, 9.17) is 4.42 Å². The summed E-state index contributed by atoms with van der Waals surface area (Å²) in [7, 11) is 3.74. The van der Waals surface area contributed by atoms with Crippen LogP contribution < -0.4 is 5.32 Å². The molecule has 2 aromatic heterocycles. The lowest BCUT2D eigenvalue weighted by molar-refractivity contribution is 0.440. The van der Waals surface area contributed by atoms with Gasteiger partial charge in [0.15, 0.2) is 5.96 Å². The number of rotatable bonds is 4. The highest BCUT2D eigenvalue weighted by molar-refractivity contribution is 7.09. The van der Waals surface area contributed by atoms with Gasteiger partial charge in [0.25, 0.3) is 0 Å². The van der Waals surface area contributed by atoms with Gasteiger partial charge >= 0.3 is 0 Å². The van der Waals surface area contributed by atoms with Gasteiger partial charge in [-0.2, -0.15) is 0 Å². The zero-order valence-corrected chi connectivity index (χ0v) is 13.9. The van der Waals surface area contributed by atoms with Crippen LogP contribution in [-0.4, -0.2) is 34.9 Å². The minimum atomic E-state index is 0.516. The van der Waals surface area contributed by atoms with Crippen LogP contribution in [-0.2, 0) is 13.1 Å². The van der Waals surface area contributed by atoms with Gasteiger partial charge in [-0.3, -0.25) is 4.99 Å². The molecule has 7 heteroatoms. The molecule has 6 nitrogen and oxygen atoms in total. The van der Waals surface area contributed by atoms with Crippen molar-refractivity contribution in [3.63, 3.8) is 0 Å². The lowest BCUT2D eigenvalue weighted by atomic mass is 10.4. The molecular formula is C14H21N5OS. The van der Waals surface area contributed by atoms with E-state index in [0.29, 0.717) is 19.0 Å². The molecule has 0 aliphatic carbocycles. The van der Waals surface area contributed by atoms with Crippen molar-refractivity contribution >= 4 is 17.3 Å². The van der Waals surface area contributed by atoms with Crippen molar-refractivity contribution < 1.29 is 4.42 Å². The summed E-state index contributed by atoms with van der Waals surface area (Å²) in [5.41, 5.74) is 1.97. The maximum absolute atomic E-state index is 5.55. The van der Waals surface area contributed by atoms with Crippen molar-refractivity contribution in [3.8, 4) is 0 Å². The maximum Gasteiger partial charge on any atom is 0.214 e. The Morgan fingerprint density at radius 2 is 2.14 bits per heavy atom. The van der Waals surface area contributed by atoms with Gasteiger partial charge < -0.3 is 14.6 Å². The lowest BCUT2D eigenvalue weighted by Gasteiger charge is -2.20. The van der Waals surface area contributed by atoms with Crippen LogP contribution in [0, 0.1) is 20.8 Å². The largest absolute Gasteiger partial charge is 0.444 e. The van der Waals surface area contributed by atoms with Gasteiger partial charge in [-0.15, -0.1) is 11.3 Å². The maximum atomic E-state index is 5.55. The van der Waals surface area contributed by atoms with Gasteiger partial charge in [-0.25, -0.2) is 9.97 Å². The molecule has 1 N–H and O–H groups in total. The normalized spacial score (nSPS) is 11.8. The van der Waals surface area contributed by atoms with E-state index >= 15 is 0 Å². The number of nitrogens with one attached hydrogen (secondary N) is 1. The van der Waals surface area contributed by atoms with Gasteiger partial charge in [0, 0.05) is 19.5 Å². The molecule has 0 atom stereocenters. The summed E-state index contributed by atoms with van der Waals surface area (Å²) in [6, 6.07) is 0. The van der Waals surface area contributed by atoms with Gasteiger partial charge in [-0.1, -0.05) is 0 Å². The number of hydrogen-bond donors (Lipinski definition) is 1. The van der Waals surface area contributed by atoms with Crippen molar-refractivity contribution in [1.29, 1.82) is 0 Å². The van der Waals surface area contributed by atoms with Crippen molar-refractivity contribution in [2.75, 3.05) is 14.1 Å². The van der Waals surface area contributed by atoms with Crippen LogP contribution in [0.3, 0.4) is 0 Å². The molecule has 0 bridgehead atoms. The first kappa shape index (κ1) is 15.5. The number of aryl methyl sites for hydroxylation is 3. The molecule has 0 amide bonds. The van der Waals surface area contributed by atoms with Crippen LogP contribution in [0.5, 0.6) is 0 Å². The third kappa shape index (κ3) is 4.04. The fourth-order valence-electron chi connectivity index (χ4n) is 1.95. The Kier molecular flexibility index (Phi) is 4.95. The first-order valence-corrected chi connectivity index (χ1v) is 7.63. The fourth-order valence-corrected chi connectivity index (χ4v) is 2.56. The molecule has 21 heavy (non-hydrogen) atoms. The summed E-state index contributed by atoms with van der Waals surface area (Å²) in [5.74, 6) is 2.31. The average molecular weight is 307 g/mol. The van der Waals surface area contributed by atoms with E-state index in [1.165, 1.54) is 0 Å². The number of nitrogens with zero attached hydrogens (tertiary/aromatic N) is 4. The van der Waals surface area contributed by atoms with E-state index in [0.717, 1.165) is 28.1 Å². The number of aliphatic imine (C=N–C) groups is 1. The minimum Gasteiger partial charge on any atom is -0.444 e. The van der Waals surface area contributed by atoms with Crippen molar-refractivity contribution in [3.05, 3.63) is 33.4 Å². The van der Waals surface area contributed by atoms with Gasteiger partial charge in [0.2, 0.25) is 5.89 Å². The number of oxazole rings is 1. The monoisotopic (exact) mass is 307 g/mol. The second-order valence-corrected chi connectivity index (χ2v) is 5.93. The van der Waals surface area contributed by atoms with E-state index in [1.807, 2.05) is 32.7 Å². The third-order valence-electron chi connectivity index (χ3n) is 3.11. The van der Waals surface area contributed by atoms with Gasteiger partial charge in [0.1, 0.15) is 5.76 Å². The molecule has 2 aromatic rings. The number of thiazole rings is 1. The molecule has 0 saturated heterocycles. The molecule has 2 heterocycles. The molecule has 0 unspecified atom stereocenters. The Hall–Kier alpha value is -1.89. The molecular weight excluding hydrogens is 286 g/mol. The molecule has 0 spiro atoms. The topological polar surface area (TPSA) is 66.6 Å². The van der Waals surface area contributed by atoms with Crippen LogP contribution in [0.4, 0.5) is 0 Å². The van der Waals surface area contributed by atoms with E-state index in [1.54, 1.807) is 18.4 Å². The Morgan fingerprint density at radius 1 is 1.38 bits per heavy atom. The summed E-state index contributed by atoms with van der Waals surface area (Å²) in [4.78, 5) is 15.1. The van der Waals surface area contributed by atoms with E-state index in [2.05, 4.69) is 25.7 Å². The predicted molar refractivity (Wildman–Crippen MR) is 84.5 cm³/mol. The van der Waals surface area contributed by atoms with Crippen molar-refractivity contribution in [1.82, 2.24) is 20.2 Å². The van der Waals surface area contributed by atoms with Crippen LogP contribution in [0.1, 0.15) is 28.0 Å². The summed E-state index contributed by atoms with van der Waals surface area (Å²) < 4.78 is 5.55. The Balaban J connectivity index is 1.93. The van der Waals surface area contributed by atoms with E-state index in [-0.39, 0.29) is 0 Å². The van der Waals surface area contributed by atoms with Crippen LogP contribution in [0.15, 0.2) is 14.8 Å². The Morgan fingerprint density at radius 3 is 2.67 bits per heavy atom. The first-order chi connectivity index (χ1) is 9.99. The molecule has 0 fully saturated rings. The minimum absolute atomic E-state index is 0.516. The molecule has 0 radical (unpaired) electrons. The van der Waals surface area contributed by atoms with Crippen molar-refractivity contribution in [2.24, 2.45) is 4.99 Å². The SMILES string of the molecule is CN=C(NCc1nc(C)c(C)o1)N(C)Cc1csc(C)n1. The van der Waals surface area contributed by atoms with E-state index in [9.17, 15) is 0 Å². The van der Waals surface area contributed by atoms with Crippen LogP contribution in [0.25, 0.3) is 0 Å². The summed E-state index contributed by atoms with van der Waals surface area (Å²) >= 11 is 1.66. The highest BCUT2D eigenvalue weighted by Crippen LogP contribution is 2.10. The smallest absolute Gasteiger partial charge is 0.214 e. The molecule has 114 valence electrons. The average Bonchev–Trinajstić information content (AvgIpc) is 2.97. The van der Waals surface area contributed by atoms with E-state index < -0.39 is 0 Å². The van der Waals surface area contributed by atoms with Gasteiger partial charge in [0.05, 0.1) is 29.5 Å². The number of guanidine groups is 1. The van der Waals surface area contributed by atoms with Gasteiger partial charge in [-0.05, 0) is 20.8 Å². The Bertz CT molecular complexity index is 612. The predicted octanol–water partition coefficient (Wildman–Crippen LogP) is 2.26. The molecule has 0 aromatic carbocycles. The Labute approximate surface area is 128 Å². The van der Waals surface area contributed by atoms with Crippen molar-refractivity contribution in [2.45, 2.75) is 33.9 Å². The zero-order valence-electron chi connectivity index (χ0n) is 13.1. The zero-order chi connectivity index (χ0) is 15.4. The highest BCUT2D eigenvalue weighted by atomic mass is 32.1. The first-order valence-electron chi connectivity index (χ1n) is 6.75. The number of aromatic nitrogens is 2. The summed E-state index contributed by atoms with van der Waals surface area (Å²) in [6.07, 6.45) is 0. The van der Waals surface area contributed by atoms with Crippen LogP contribution in [0.2, 0.25) is 0 Å². The molecule has 0 aliphatic rings. The number of hydrogen-bond acceptors (Lipinski definition) is 5. The third-order valence-corrected chi connectivity index (χ3v) is 3.93. The van der Waals surface area contributed by atoms with Crippen LogP contribution >= 0.6 is 11.3 Å². The second kappa shape index (κ2) is 6.71. The molecule has 2 rings (SSSR count). The molecule has 0 saturated carbocycles.